The summed E-state index contributed by atoms with van der Waals surface area (Å²) in [7, 11) is 0. The second-order valence-corrected chi connectivity index (χ2v) is 8.90. The van der Waals surface area contributed by atoms with Gasteiger partial charge in [0.15, 0.2) is 0 Å². The largest absolute Gasteiger partial charge is 0.353 e. The van der Waals surface area contributed by atoms with Crippen LogP contribution in [-0.2, 0) is 0 Å². The highest BCUT2D eigenvalue weighted by molar-refractivity contribution is 5.85. The normalized spacial score (nSPS) is 16.6. The van der Waals surface area contributed by atoms with Crippen LogP contribution in [0.5, 0.6) is 0 Å². The molecule has 3 N–H and O–H groups in total. The van der Waals surface area contributed by atoms with Crippen LogP contribution in [-0.4, -0.2) is 51.7 Å². The Morgan fingerprint density at radius 1 is 1.06 bits per heavy atom. The summed E-state index contributed by atoms with van der Waals surface area (Å²) >= 11 is 0. The van der Waals surface area contributed by atoms with E-state index in [1.807, 2.05) is 12.3 Å². The summed E-state index contributed by atoms with van der Waals surface area (Å²) in [5.41, 5.74) is 11.4. The first-order valence-corrected chi connectivity index (χ1v) is 11.7. The lowest BCUT2D eigenvalue weighted by Crippen LogP contribution is -2.41. The van der Waals surface area contributed by atoms with Crippen LogP contribution in [0.3, 0.4) is 0 Å². The van der Waals surface area contributed by atoms with Crippen molar-refractivity contribution in [3.05, 3.63) is 65.9 Å². The number of nitrogens with one attached hydrogen (secondary N) is 1. The van der Waals surface area contributed by atoms with Crippen molar-refractivity contribution in [3.8, 4) is 0 Å². The number of para-hydroxylation sites is 2. The molecular formula is C26H32N6. The Bertz CT molecular complexity index is 1220. The molecule has 2 aromatic heterocycles. The third kappa shape index (κ3) is 3.85. The lowest BCUT2D eigenvalue weighted by atomic mass is 10.0. The zero-order chi connectivity index (χ0) is 22.1. The van der Waals surface area contributed by atoms with Crippen molar-refractivity contribution in [1.82, 2.24) is 19.4 Å². The van der Waals surface area contributed by atoms with Gasteiger partial charge in [-0.05, 0) is 44.4 Å². The molecular weight excluding hydrogens is 396 g/mol. The lowest BCUT2D eigenvalue weighted by molar-refractivity contribution is 0.224. The van der Waals surface area contributed by atoms with E-state index in [0.29, 0.717) is 6.04 Å². The van der Waals surface area contributed by atoms with Gasteiger partial charge in [-0.3, -0.25) is 4.98 Å². The van der Waals surface area contributed by atoms with E-state index in [1.165, 1.54) is 16.5 Å². The molecule has 0 aliphatic carbocycles. The fraction of sp³-hybridized carbons (Fsp3) is 0.385. The lowest BCUT2D eigenvalue weighted by Gasteiger charge is -2.32. The molecule has 5 rings (SSSR count). The van der Waals surface area contributed by atoms with Gasteiger partial charge in [-0.15, -0.1) is 0 Å². The van der Waals surface area contributed by atoms with E-state index in [0.717, 1.165) is 61.5 Å². The Hall–Kier alpha value is -2.96. The van der Waals surface area contributed by atoms with Gasteiger partial charge in [0, 0.05) is 49.4 Å². The molecule has 0 amide bonds. The van der Waals surface area contributed by atoms with Gasteiger partial charge in [0.1, 0.15) is 0 Å². The highest BCUT2D eigenvalue weighted by atomic mass is 15.2. The van der Waals surface area contributed by atoms with Crippen LogP contribution in [0.25, 0.3) is 21.9 Å². The summed E-state index contributed by atoms with van der Waals surface area (Å²) < 4.78 is 2.36. The van der Waals surface area contributed by atoms with E-state index in [1.54, 1.807) is 0 Å². The minimum atomic E-state index is 0.0974. The van der Waals surface area contributed by atoms with Crippen LogP contribution >= 0.6 is 0 Å². The Morgan fingerprint density at radius 3 is 2.66 bits per heavy atom. The summed E-state index contributed by atoms with van der Waals surface area (Å²) in [5, 5.41) is 4.97. The Labute approximate surface area is 189 Å². The van der Waals surface area contributed by atoms with Crippen LogP contribution in [0.15, 0.2) is 54.7 Å². The van der Waals surface area contributed by atoms with E-state index in [4.69, 9.17) is 15.7 Å². The number of likely N-dealkylation sites (tertiary alicyclic amines) is 1. The van der Waals surface area contributed by atoms with Crippen LogP contribution in [0.2, 0.25) is 0 Å². The second-order valence-electron chi connectivity index (χ2n) is 8.90. The Morgan fingerprint density at radius 2 is 1.84 bits per heavy atom. The van der Waals surface area contributed by atoms with Crippen molar-refractivity contribution >= 4 is 27.9 Å². The predicted octanol–water partition coefficient (Wildman–Crippen LogP) is 4.34. The van der Waals surface area contributed by atoms with Crippen molar-refractivity contribution in [1.29, 1.82) is 0 Å². The number of pyridine rings is 1. The van der Waals surface area contributed by atoms with Gasteiger partial charge >= 0.3 is 0 Å². The second kappa shape index (κ2) is 8.88. The molecule has 0 radical (unpaired) electrons. The van der Waals surface area contributed by atoms with Gasteiger partial charge in [0.2, 0.25) is 5.95 Å². The van der Waals surface area contributed by atoms with Crippen LogP contribution in [0.1, 0.15) is 36.9 Å². The predicted molar refractivity (Wildman–Crippen MR) is 132 cm³/mol. The molecule has 32 heavy (non-hydrogen) atoms. The van der Waals surface area contributed by atoms with Crippen molar-refractivity contribution in [3.63, 3.8) is 0 Å². The number of piperidine rings is 1. The third-order valence-electron chi connectivity index (χ3n) is 6.79. The van der Waals surface area contributed by atoms with Gasteiger partial charge in [0.05, 0.1) is 22.6 Å². The third-order valence-corrected chi connectivity index (χ3v) is 6.79. The molecule has 1 unspecified atom stereocenters. The molecule has 1 saturated heterocycles. The molecule has 1 fully saturated rings. The molecule has 6 heteroatoms. The van der Waals surface area contributed by atoms with Gasteiger partial charge in [-0.2, -0.15) is 0 Å². The van der Waals surface area contributed by atoms with Gasteiger partial charge in [0.25, 0.3) is 0 Å². The van der Waals surface area contributed by atoms with E-state index in [2.05, 4.69) is 71.1 Å². The van der Waals surface area contributed by atoms with Crippen molar-refractivity contribution in [2.45, 2.75) is 38.8 Å². The molecule has 1 atom stereocenters. The van der Waals surface area contributed by atoms with E-state index >= 15 is 0 Å². The zero-order valence-corrected chi connectivity index (χ0v) is 19.0. The summed E-state index contributed by atoms with van der Waals surface area (Å²) in [5.74, 6) is 0.951. The monoisotopic (exact) mass is 428 g/mol. The fourth-order valence-electron chi connectivity index (χ4n) is 5.02. The SMILES string of the molecule is Cc1cccc2c1nc(NC1CCN(CCN)CC1)n2C(C)c1cccc2cccnc12. The van der Waals surface area contributed by atoms with Crippen LogP contribution in [0, 0.1) is 6.92 Å². The van der Waals surface area contributed by atoms with Gasteiger partial charge < -0.3 is 20.5 Å². The van der Waals surface area contributed by atoms with E-state index in [9.17, 15) is 0 Å². The minimum Gasteiger partial charge on any atom is -0.353 e. The quantitative estimate of drug-likeness (QED) is 0.478. The number of anilines is 1. The maximum atomic E-state index is 5.75. The Kier molecular flexibility index (Phi) is 5.81. The fourth-order valence-corrected chi connectivity index (χ4v) is 5.02. The Balaban J connectivity index is 1.54. The average Bonchev–Trinajstić information content (AvgIpc) is 3.19. The molecule has 4 aromatic rings. The summed E-state index contributed by atoms with van der Waals surface area (Å²) in [6, 6.07) is 17.5. The molecule has 1 aliphatic heterocycles. The average molecular weight is 429 g/mol. The summed E-state index contributed by atoms with van der Waals surface area (Å²) in [6.07, 6.45) is 4.09. The molecule has 2 aromatic carbocycles. The van der Waals surface area contributed by atoms with E-state index in [-0.39, 0.29) is 6.04 Å². The van der Waals surface area contributed by atoms with Crippen molar-refractivity contribution in [2.24, 2.45) is 5.73 Å². The highest BCUT2D eigenvalue weighted by Gasteiger charge is 2.24. The number of nitrogens with zero attached hydrogens (tertiary/aromatic N) is 4. The first kappa shape index (κ1) is 20.9. The van der Waals surface area contributed by atoms with Crippen LogP contribution < -0.4 is 11.1 Å². The van der Waals surface area contributed by atoms with E-state index < -0.39 is 0 Å². The number of hydrogen-bond donors (Lipinski definition) is 2. The van der Waals surface area contributed by atoms with Crippen LogP contribution in [0.4, 0.5) is 5.95 Å². The topological polar surface area (TPSA) is 72.0 Å². The molecule has 3 heterocycles. The highest BCUT2D eigenvalue weighted by Crippen LogP contribution is 2.33. The van der Waals surface area contributed by atoms with Crippen molar-refractivity contribution < 1.29 is 0 Å². The summed E-state index contributed by atoms with van der Waals surface area (Å²) in [4.78, 5) is 12.3. The summed E-state index contributed by atoms with van der Waals surface area (Å²) in [6.45, 7) is 8.26. The number of aryl methyl sites for hydroxylation is 1. The molecule has 166 valence electrons. The maximum absolute atomic E-state index is 5.75. The number of rotatable bonds is 6. The first-order valence-electron chi connectivity index (χ1n) is 11.7. The number of imidazole rings is 1. The molecule has 0 saturated carbocycles. The smallest absolute Gasteiger partial charge is 0.204 e. The zero-order valence-electron chi connectivity index (χ0n) is 19.0. The number of benzene rings is 2. The minimum absolute atomic E-state index is 0.0974. The maximum Gasteiger partial charge on any atom is 0.204 e. The van der Waals surface area contributed by atoms with Gasteiger partial charge in [-0.1, -0.05) is 36.4 Å². The first-order chi connectivity index (χ1) is 15.7. The van der Waals surface area contributed by atoms with Gasteiger partial charge in [-0.25, -0.2) is 4.98 Å². The number of hydrogen-bond acceptors (Lipinski definition) is 5. The standard InChI is InChI=1S/C26H32N6/c1-18-6-3-10-23-24(18)30-26(29-21-11-15-31(16-12-21)17-13-27)32(23)19(2)22-9-4-7-20-8-5-14-28-25(20)22/h3-10,14,19,21H,11-13,15-17,27H2,1-2H3,(H,29,30). The molecule has 6 nitrogen and oxygen atoms in total. The number of aromatic nitrogens is 3. The number of fused-ring (bicyclic) bond motifs is 2. The molecule has 0 bridgehead atoms. The van der Waals surface area contributed by atoms with Crippen molar-refractivity contribution in [2.75, 3.05) is 31.5 Å². The number of nitrogens with two attached hydrogens (primary N) is 1. The molecule has 1 aliphatic rings. The molecule has 0 spiro atoms.